The Kier molecular flexibility index (Phi) is 7.08. The predicted molar refractivity (Wildman–Crippen MR) is 74.7 cm³/mol. The Morgan fingerprint density at radius 1 is 1.38 bits per heavy atom. The third-order valence-corrected chi connectivity index (χ3v) is 4.05. The number of carbonyl (C=O) groups excluding carboxylic acids is 1. The van der Waals surface area contributed by atoms with E-state index in [1.54, 1.807) is 12.2 Å². The third-order valence-electron chi connectivity index (χ3n) is 2.54. The Balaban J connectivity index is 2.18. The highest BCUT2D eigenvalue weighted by atomic mass is 79.9. The van der Waals surface area contributed by atoms with E-state index in [0.29, 0.717) is 6.42 Å². The number of nitrogens with zero attached hydrogens (tertiary/aromatic N) is 1. The van der Waals surface area contributed by atoms with Crippen molar-refractivity contribution in [3.8, 4) is 0 Å². The number of carbonyl (C=O) groups is 1. The van der Waals surface area contributed by atoms with Gasteiger partial charge in [-0.1, -0.05) is 19.1 Å². The fourth-order valence-corrected chi connectivity index (χ4v) is 3.02. The van der Waals surface area contributed by atoms with Crippen molar-refractivity contribution in [3.63, 3.8) is 0 Å². The summed E-state index contributed by atoms with van der Waals surface area (Å²) in [4.78, 5) is 14.0. The number of likely N-dealkylation sites (tertiary alicyclic amines) is 1. The molecule has 0 aromatic rings. The second kappa shape index (κ2) is 8.09. The summed E-state index contributed by atoms with van der Waals surface area (Å²) in [5.41, 5.74) is 0. The van der Waals surface area contributed by atoms with Crippen LogP contribution in [0.25, 0.3) is 0 Å². The number of hydrogen-bond acceptors (Lipinski definition) is 3. The van der Waals surface area contributed by atoms with Crippen molar-refractivity contribution in [3.05, 3.63) is 22.5 Å². The molecule has 0 bridgehead atoms. The van der Waals surface area contributed by atoms with Gasteiger partial charge in [0.1, 0.15) is 0 Å². The molecule has 0 aliphatic carbocycles. The van der Waals surface area contributed by atoms with Crippen LogP contribution in [0.3, 0.4) is 0 Å². The standard InChI is InChI=1S/C12H18BrNOS/c1-2-6-11(13)16-12(15)7-10-14-8-4-3-5-9-14/h2,6H,1,3-5,7-10H2/b11-6-. The Morgan fingerprint density at radius 2 is 2.06 bits per heavy atom. The van der Waals surface area contributed by atoms with Gasteiger partial charge in [0.05, 0.1) is 3.81 Å². The van der Waals surface area contributed by atoms with Crippen molar-refractivity contribution in [2.24, 2.45) is 0 Å². The van der Waals surface area contributed by atoms with Crippen LogP contribution in [0, 0.1) is 0 Å². The van der Waals surface area contributed by atoms with E-state index in [1.807, 2.05) is 0 Å². The SMILES string of the molecule is C=C/C=C(/Br)SC(=O)CCN1CCCCC1. The van der Waals surface area contributed by atoms with Crippen LogP contribution in [-0.4, -0.2) is 29.6 Å². The normalized spacial score (nSPS) is 18.4. The highest BCUT2D eigenvalue weighted by molar-refractivity contribution is 9.14. The van der Waals surface area contributed by atoms with Gasteiger partial charge in [-0.05, 0) is 59.7 Å². The molecule has 0 atom stereocenters. The van der Waals surface area contributed by atoms with Gasteiger partial charge in [0.25, 0.3) is 0 Å². The van der Waals surface area contributed by atoms with Crippen LogP contribution in [0.1, 0.15) is 25.7 Å². The van der Waals surface area contributed by atoms with E-state index in [1.165, 1.54) is 31.0 Å². The molecule has 0 aromatic heterocycles. The van der Waals surface area contributed by atoms with Crippen LogP contribution < -0.4 is 0 Å². The van der Waals surface area contributed by atoms with Crippen molar-refractivity contribution >= 4 is 32.8 Å². The van der Waals surface area contributed by atoms with Gasteiger partial charge in [-0.2, -0.15) is 0 Å². The molecule has 0 saturated carbocycles. The average Bonchev–Trinajstić information content (AvgIpc) is 2.28. The first-order valence-electron chi connectivity index (χ1n) is 5.63. The first-order valence-corrected chi connectivity index (χ1v) is 7.24. The van der Waals surface area contributed by atoms with Gasteiger partial charge in [0.15, 0.2) is 5.12 Å². The van der Waals surface area contributed by atoms with Crippen molar-refractivity contribution < 1.29 is 4.79 Å². The summed E-state index contributed by atoms with van der Waals surface area (Å²) in [5.74, 6) is 0. The van der Waals surface area contributed by atoms with Crippen molar-refractivity contribution in [2.45, 2.75) is 25.7 Å². The van der Waals surface area contributed by atoms with Gasteiger partial charge in [0, 0.05) is 13.0 Å². The zero-order valence-electron chi connectivity index (χ0n) is 9.45. The van der Waals surface area contributed by atoms with Crippen LogP contribution in [0.5, 0.6) is 0 Å². The van der Waals surface area contributed by atoms with Crippen LogP contribution in [-0.2, 0) is 4.79 Å². The third kappa shape index (κ3) is 5.87. The quantitative estimate of drug-likeness (QED) is 0.725. The van der Waals surface area contributed by atoms with Gasteiger partial charge in [-0.25, -0.2) is 0 Å². The van der Waals surface area contributed by atoms with Gasteiger partial charge in [-0.3, -0.25) is 4.79 Å². The molecular weight excluding hydrogens is 286 g/mol. The summed E-state index contributed by atoms with van der Waals surface area (Å²) in [6.07, 6.45) is 8.00. The van der Waals surface area contributed by atoms with E-state index in [9.17, 15) is 4.79 Å². The topological polar surface area (TPSA) is 20.3 Å². The maximum Gasteiger partial charge on any atom is 0.195 e. The Labute approximate surface area is 110 Å². The highest BCUT2D eigenvalue weighted by Crippen LogP contribution is 2.24. The summed E-state index contributed by atoms with van der Waals surface area (Å²) in [7, 11) is 0. The smallest absolute Gasteiger partial charge is 0.195 e. The summed E-state index contributed by atoms with van der Waals surface area (Å²) < 4.78 is 0.839. The maximum atomic E-state index is 11.6. The molecule has 0 aromatic carbocycles. The zero-order chi connectivity index (χ0) is 11.8. The van der Waals surface area contributed by atoms with Crippen molar-refractivity contribution in [1.29, 1.82) is 0 Å². The molecule has 0 radical (unpaired) electrons. The lowest BCUT2D eigenvalue weighted by Crippen LogP contribution is -2.31. The zero-order valence-corrected chi connectivity index (χ0v) is 11.9. The first-order chi connectivity index (χ1) is 7.72. The number of rotatable bonds is 5. The van der Waals surface area contributed by atoms with E-state index >= 15 is 0 Å². The summed E-state index contributed by atoms with van der Waals surface area (Å²) in [6.45, 7) is 6.80. The molecule has 1 rings (SSSR count). The minimum Gasteiger partial charge on any atom is -0.303 e. The predicted octanol–water partition coefficient (Wildman–Crippen LogP) is 3.54. The van der Waals surface area contributed by atoms with Crippen molar-refractivity contribution in [2.75, 3.05) is 19.6 Å². The molecule has 4 heteroatoms. The maximum absolute atomic E-state index is 11.6. The number of halogens is 1. The summed E-state index contributed by atoms with van der Waals surface area (Å²) in [5, 5.41) is 0.218. The minimum atomic E-state index is 0.218. The Hall–Kier alpha value is -0.0600. The van der Waals surface area contributed by atoms with E-state index in [4.69, 9.17) is 0 Å². The minimum absolute atomic E-state index is 0.218. The monoisotopic (exact) mass is 303 g/mol. The molecule has 0 amide bonds. The van der Waals surface area contributed by atoms with E-state index in [-0.39, 0.29) is 5.12 Å². The molecule has 16 heavy (non-hydrogen) atoms. The number of thioether (sulfide) groups is 1. The average molecular weight is 304 g/mol. The lowest BCUT2D eigenvalue weighted by atomic mass is 10.1. The Morgan fingerprint density at radius 3 is 2.69 bits per heavy atom. The number of hydrogen-bond donors (Lipinski definition) is 0. The summed E-state index contributed by atoms with van der Waals surface area (Å²) in [6, 6.07) is 0. The molecule has 0 spiro atoms. The molecule has 90 valence electrons. The van der Waals surface area contributed by atoms with Gasteiger partial charge in [0.2, 0.25) is 0 Å². The highest BCUT2D eigenvalue weighted by Gasteiger charge is 2.12. The fourth-order valence-electron chi connectivity index (χ4n) is 1.72. The van der Waals surface area contributed by atoms with Gasteiger partial charge >= 0.3 is 0 Å². The van der Waals surface area contributed by atoms with E-state index < -0.39 is 0 Å². The molecule has 1 heterocycles. The second-order valence-electron chi connectivity index (χ2n) is 3.83. The fraction of sp³-hybridized carbons (Fsp3) is 0.583. The molecule has 1 aliphatic heterocycles. The molecule has 1 aliphatic rings. The largest absolute Gasteiger partial charge is 0.303 e. The molecule has 1 fully saturated rings. The molecule has 1 saturated heterocycles. The van der Waals surface area contributed by atoms with Gasteiger partial charge in [-0.15, -0.1) is 0 Å². The van der Waals surface area contributed by atoms with Crippen LogP contribution in [0.15, 0.2) is 22.5 Å². The lowest BCUT2D eigenvalue weighted by Gasteiger charge is -2.25. The van der Waals surface area contributed by atoms with E-state index in [2.05, 4.69) is 27.4 Å². The van der Waals surface area contributed by atoms with Gasteiger partial charge < -0.3 is 4.90 Å². The second-order valence-corrected chi connectivity index (χ2v) is 6.31. The molecular formula is C12H18BrNOS. The summed E-state index contributed by atoms with van der Waals surface area (Å²) >= 11 is 4.58. The van der Waals surface area contributed by atoms with Crippen LogP contribution in [0.2, 0.25) is 0 Å². The van der Waals surface area contributed by atoms with E-state index in [0.717, 1.165) is 23.4 Å². The lowest BCUT2D eigenvalue weighted by molar-refractivity contribution is -0.111. The number of piperidine rings is 1. The van der Waals surface area contributed by atoms with Crippen LogP contribution >= 0.6 is 27.7 Å². The molecule has 0 unspecified atom stereocenters. The number of allylic oxidation sites excluding steroid dienone is 2. The molecule has 2 nitrogen and oxygen atoms in total. The van der Waals surface area contributed by atoms with Crippen molar-refractivity contribution in [1.82, 2.24) is 4.90 Å². The Bertz CT molecular complexity index is 272. The first kappa shape index (κ1) is 14.0. The van der Waals surface area contributed by atoms with Crippen LogP contribution in [0.4, 0.5) is 0 Å². The molecule has 0 N–H and O–H groups in total.